The molecule has 0 aromatic carbocycles. The molecule has 18 heavy (non-hydrogen) atoms. The fourth-order valence-electron chi connectivity index (χ4n) is 2.11. The third-order valence-electron chi connectivity index (χ3n) is 2.79. The maximum Gasteiger partial charge on any atom is 0.408 e. The van der Waals surface area contributed by atoms with Crippen LogP contribution < -0.4 is 0 Å². The van der Waals surface area contributed by atoms with E-state index in [9.17, 15) is 18.0 Å². The molecule has 1 aromatic rings. The second kappa shape index (κ2) is 4.62. The average Bonchev–Trinajstić information content (AvgIpc) is 2.72. The number of aromatic nitrogens is 2. The summed E-state index contributed by atoms with van der Waals surface area (Å²) in [7, 11) is 0. The first kappa shape index (κ1) is 12.9. The van der Waals surface area contributed by atoms with Crippen molar-refractivity contribution < 1.29 is 22.7 Å². The molecule has 7 heteroatoms. The summed E-state index contributed by atoms with van der Waals surface area (Å²) in [6.45, 7) is 0.931. The van der Waals surface area contributed by atoms with E-state index in [0.717, 1.165) is 4.68 Å². The monoisotopic (exact) mass is 262 g/mol. The van der Waals surface area contributed by atoms with Gasteiger partial charge in [-0.05, 0) is 18.9 Å². The van der Waals surface area contributed by atoms with Crippen molar-refractivity contribution in [3.05, 3.63) is 17.5 Å². The predicted octanol–water partition coefficient (Wildman–Crippen LogP) is 1.72. The highest BCUT2D eigenvalue weighted by Gasteiger charge is 2.33. The van der Waals surface area contributed by atoms with E-state index in [1.807, 2.05) is 0 Å². The zero-order valence-corrected chi connectivity index (χ0v) is 9.83. The van der Waals surface area contributed by atoms with Crippen LogP contribution in [0.15, 0.2) is 6.20 Å². The van der Waals surface area contributed by atoms with Crippen molar-refractivity contribution in [3.63, 3.8) is 0 Å². The number of ether oxygens (including phenoxy) is 1. The highest BCUT2D eigenvalue weighted by molar-refractivity contribution is 5.74. The summed E-state index contributed by atoms with van der Waals surface area (Å²) in [6.07, 6.45) is -2.15. The molecule has 100 valence electrons. The Bertz CT molecular complexity index is 430. The molecule has 0 saturated carbocycles. The summed E-state index contributed by atoms with van der Waals surface area (Å²) in [5, 5.41) is 3.86. The Morgan fingerprint density at radius 1 is 1.56 bits per heavy atom. The minimum absolute atomic E-state index is 0.303. The van der Waals surface area contributed by atoms with E-state index in [0.29, 0.717) is 30.7 Å². The number of rotatable bonds is 3. The number of carbonyl (C=O) groups excluding carboxylic acids is 1. The Morgan fingerprint density at radius 2 is 2.28 bits per heavy atom. The molecule has 1 aliphatic rings. The van der Waals surface area contributed by atoms with Gasteiger partial charge in [0, 0.05) is 12.6 Å². The minimum atomic E-state index is -4.28. The van der Waals surface area contributed by atoms with Gasteiger partial charge < -0.3 is 4.74 Å². The van der Waals surface area contributed by atoms with Crippen LogP contribution in [0.25, 0.3) is 0 Å². The van der Waals surface area contributed by atoms with E-state index in [1.165, 1.54) is 6.20 Å². The third-order valence-corrected chi connectivity index (χ3v) is 2.79. The first-order valence-corrected chi connectivity index (χ1v) is 5.67. The molecule has 0 aliphatic heterocycles. The molecule has 2 rings (SSSR count). The van der Waals surface area contributed by atoms with Crippen LogP contribution in [0, 0.1) is 5.92 Å². The average molecular weight is 262 g/mol. The summed E-state index contributed by atoms with van der Waals surface area (Å²) < 4.78 is 42.3. The van der Waals surface area contributed by atoms with Crippen molar-refractivity contribution in [1.29, 1.82) is 0 Å². The molecule has 0 bridgehead atoms. The van der Waals surface area contributed by atoms with Gasteiger partial charge in [0.2, 0.25) is 0 Å². The van der Waals surface area contributed by atoms with E-state index in [2.05, 4.69) is 5.10 Å². The van der Waals surface area contributed by atoms with Gasteiger partial charge in [0.1, 0.15) is 6.54 Å². The molecule has 4 nitrogen and oxygen atoms in total. The molecule has 0 amide bonds. The van der Waals surface area contributed by atoms with Gasteiger partial charge in [0.05, 0.1) is 18.2 Å². The van der Waals surface area contributed by atoms with Gasteiger partial charge in [-0.3, -0.25) is 9.48 Å². The van der Waals surface area contributed by atoms with Gasteiger partial charge in [-0.2, -0.15) is 18.3 Å². The van der Waals surface area contributed by atoms with Crippen LogP contribution in [0.4, 0.5) is 13.2 Å². The summed E-state index contributed by atoms with van der Waals surface area (Å²) in [5.74, 6) is -0.610. The van der Waals surface area contributed by atoms with Crippen molar-refractivity contribution in [2.24, 2.45) is 5.92 Å². The van der Waals surface area contributed by atoms with E-state index in [4.69, 9.17) is 4.74 Å². The van der Waals surface area contributed by atoms with Gasteiger partial charge in [-0.1, -0.05) is 0 Å². The molecule has 0 fully saturated rings. The van der Waals surface area contributed by atoms with Crippen LogP contribution in [-0.4, -0.2) is 28.5 Å². The normalized spacial score (nSPS) is 18.8. The molecule has 0 saturated heterocycles. The second-order valence-electron chi connectivity index (χ2n) is 4.27. The topological polar surface area (TPSA) is 44.1 Å². The largest absolute Gasteiger partial charge is 0.466 e. The Hall–Kier alpha value is -1.53. The van der Waals surface area contributed by atoms with Crippen molar-refractivity contribution >= 4 is 5.97 Å². The highest BCUT2D eigenvalue weighted by Crippen LogP contribution is 2.27. The number of halogens is 3. The van der Waals surface area contributed by atoms with Gasteiger partial charge in [0.25, 0.3) is 0 Å². The number of hydrogen-bond donors (Lipinski definition) is 0. The van der Waals surface area contributed by atoms with Gasteiger partial charge in [-0.25, -0.2) is 0 Å². The smallest absolute Gasteiger partial charge is 0.408 e. The Morgan fingerprint density at radius 3 is 2.83 bits per heavy atom. The van der Waals surface area contributed by atoms with Gasteiger partial charge in [0.15, 0.2) is 0 Å². The Labute approximate surface area is 102 Å². The molecule has 1 aromatic heterocycles. The third kappa shape index (κ3) is 2.83. The lowest BCUT2D eigenvalue weighted by Crippen LogP contribution is -2.20. The van der Waals surface area contributed by atoms with Gasteiger partial charge >= 0.3 is 12.1 Å². The predicted molar refractivity (Wildman–Crippen MR) is 55.8 cm³/mol. The van der Waals surface area contributed by atoms with Crippen molar-refractivity contribution in [2.45, 2.75) is 32.5 Å². The number of carbonyl (C=O) groups is 1. The summed E-state index contributed by atoms with van der Waals surface area (Å²) in [6, 6.07) is 0. The SMILES string of the molecule is CCOC(=O)C1Cc2cn(CC(F)(F)F)nc2C1. The number of nitrogens with zero attached hydrogens (tertiary/aromatic N) is 2. The zero-order chi connectivity index (χ0) is 13.3. The van der Waals surface area contributed by atoms with Crippen LogP contribution in [-0.2, 0) is 28.9 Å². The molecule has 1 atom stereocenters. The Balaban J connectivity index is 2.01. The van der Waals surface area contributed by atoms with Crippen LogP contribution in [0.3, 0.4) is 0 Å². The van der Waals surface area contributed by atoms with E-state index >= 15 is 0 Å². The quantitative estimate of drug-likeness (QED) is 0.779. The lowest BCUT2D eigenvalue weighted by Gasteiger charge is -2.09. The molecular formula is C11H13F3N2O2. The minimum Gasteiger partial charge on any atom is -0.466 e. The lowest BCUT2D eigenvalue weighted by atomic mass is 10.1. The maximum atomic E-state index is 12.2. The fourth-order valence-corrected chi connectivity index (χ4v) is 2.11. The van der Waals surface area contributed by atoms with E-state index < -0.39 is 12.7 Å². The second-order valence-corrected chi connectivity index (χ2v) is 4.27. The zero-order valence-electron chi connectivity index (χ0n) is 9.83. The summed E-state index contributed by atoms with van der Waals surface area (Å²) in [4.78, 5) is 11.5. The molecule has 1 heterocycles. The van der Waals surface area contributed by atoms with E-state index in [1.54, 1.807) is 6.92 Å². The summed E-state index contributed by atoms with van der Waals surface area (Å²) in [5.41, 5.74) is 1.27. The number of alkyl halides is 3. The summed E-state index contributed by atoms with van der Waals surface area (Å²) >= 11 is 0. The van der Waals surface area contributed by atoms with Crippen LogP contribution in [0.1, 0.15) is 18.2 Å². The Kier molecular flexibility index (Phi) is 3.32. The maximum absolute atomic E-state index is 12.2. The van der Waals surface area contributed by atoms with Crippen LogP contribution in [0.2, 0.25) is 0 Å². The molecular weight excluding hydrogens is 249 g/mol. The standard InChI is InChI=1S/C11H13F3N2O2/c1-2-18-10(17)7-3-8-5-16(6-11(12,13)14)15-9(8)4-7/h5,7H,2-4,6H2,1H3. The van der Waals surface area contributed by atoms with E-state index in [-0.39, 0.29) is 11.9 Å². The molecule has 1 unspecified atom stereocenters. The number of esters is 1. The van der Waals surface area contributed by atoms with Crippen molar-refractivity contribution in [3.8, 4) is 0 Å². The molecule has 0 spiro atoms. The fraction of sp³-hybridized carbons (Fsp3) is 0.636. The number of hydrogen-bond acceptors (Lipinski definition) is 3. The molecule has 0 N–H and O–H groups in total. The van der Waals surface area contributed by atoms with Crippen LogP contribution in [0.5, 0.6) is 0 Å². The highest BCUT2D eigenvalue weighted by atomic mass is 19.4. The first-order chi connectivity index (χ1) is 8.39. The first-order valence-electron chi connectivity index (χ1n) is 5.67. The van der Waals surface area contributed by atoms with Gasteiger partial charge in [-0.15, -0.1) is 0 Å². The van der Waals surface area contributed by atoms with Crippen molar-refractivity contribution in [1.82, 2.24) is 9.78 Å². The number of fused-ring (bicyclic) bond motifs is 1. The van der Waals surface area contributed by atoms with Crippen molar-refractivity contribution in [2.75, 3.05) is 6.61 Å². The molecule has 0 radical (unpaired) electrons. The lowest BCUT2D eigenvalue weighted by molar-refractivity contribution is -0.148. The molecule has 1 aliphatic carbocycles. The van der Waals surface area contributed by atoms with Crippen LogP contribution >= 0.6 is 0 Å².